The van der Waals surface area contributed by atoms with E-state index in [4.69, 9.17) is 0 Å². The summed E-state index contributed by atoms with van der Waals surface area (Å²) in [6.45, 7) is 1.98. The molecule has 3 nitrogen and oxygen atoms in total. The van der Waals surface area contributed by atoms with Crippen molar-refractivity contribution < 1.29 is 9.18 Å². The first kappa shape index (κ1) is 12.6. The molecule has 1 aliphatic heterocycles. The molecule has 4 heteroatoms. The van der Waals surface area contributed by atoms with Gasteiger partial charge in [-0.2, -0.15) is 0 Å². The number of hydrogen-bond donors (Lipinski definition) is 2. The van der Waals surface area contributed by atoms with Gasteiger partial charge < -0.3 is 10.6 Å². The van der Waals surface area contributed by atoms with Crippen LogP contribution in [0.5, 0.6) is 0 Å². The summed E-state index contributed by atoms with van der Waals surface area (Å²) in [6, 6.07) is 5.25. The number of nitrogens with one attached hydrogen (secondary N) is 2. The van der Waals surface area contributed by atoms with Crippen molar-refractivity contribution in [2.75, 3.05) is 13.1 Å². The van der Waals surface area contributed by atoms with Gasteiger partial charge >= 0.3 is 0 Å². The Balaban J connectivity index is 1.79. The zero-order valence-corrected chi connectivity index (χ0v) is 10.9. The van der Waals surface area contributed by atoms with Crippen molar-refractivity contribution >= 4 is 5.91 Å². The van der Waals surface area contributed by atoms with Crippen LogP contribution in [0.1, 0.15) is 47.5 Å². The summed E-state index contributed by atoms with van der Waals surface area (Å²) in [5, 5.41) is 6.16. The molecule has 1 aromatic rings. The second kappa shape index (κ2) is 5.29. The molecule has 0 spiro atoms. The molecular weight excluding hydrogens is 243 g/mol. The Morgan fingerprint density at radius 3 is 2.63 bits per heavy atom. The molecule has 19 heavy (non-hydrogen) atoms. The fourth-order valence-corrected chi connectivity index (χ4v) is 2.62. The maximum atomic E-state index is 13.8. The molecule has 1 amide bonds. The standard InChI is InChI=1S/C15H19FN2O/c16-14-4-1-11(10-5-7-17-8-6-10)9-13(14)15(19)18-12-2-3-12/h1,4,9-10,12,17H,2-3,5-8H2,(H,18,19). The topological polar surface area (TPSA) is 41.1 Å². The predicted octanol–water partition coefficient (Wildman–Crippen LogP) is 2.18. The third-order valence-corrected chi connectivity index (χ3v) is 3.96. The lowest BCUT2D eigenvalue weighted by atomic mass is 9.89. The summed E-state index contributed by atoms with van der Waals surface area (Å²) in [6.07, 6.45) is 4.13. The Labute approximate surface area is 112 Å². The largest absolute Gasteiger partial charge is 0.349 e. The molecule has 2 fully saturated rings. The summed E-state index contributed by atoms with van der Waals surface area (Å²) in [7, 11) is 0. The van der Waals surface area contributed by atoms with Crippen LogP contribution in [0.2, 0.25) is 0 Å². The van der Waals surface area contributed by atoms with E-state index in [0.717, 1.165) is 44.3 Å². The smallest absolute Gasteiger partial charge is 0.254 e. The minimum absolute atomic E-state index is 0.197. The molecule has 1 saturated heterocycles. The Morgan fingerprint density at radius 1 is 1.21 bits per heavy atom. The van der Waals surface area contributed by atoms with Crippen molar-refractivity contribution in [2.45, 2.75) is 37.6 Å². The first-order valence-corrected chi connectivity index (χ1v) is 7.05. The zero-order chi connectivity index (χ0) is 13.2. The summed E-state index contributed by atoms with van der Waals surface area (Å²) in [4.78, 5) is 12.0. The van der Waals surface area contributed by atoms with E-state index in [1.54, 1.807) is 6.07 Å². The van der Waals surface area contributed by atoms with Crippen molar-refractivity contribution in [2.24, 2.45) is 0 Å². The highest BCUT2D eigenvalue weighted by molar-refractivity contribution is 5.95. The van der Waals surface area contributed by atoms with Gasteiger partial charge in [-0.3, -0.25) is 4.79 Å². The van der Waals surface area contributed by atoms with E-state index in [-0.39, 0.29) is 17.5 Å². The third kappa shape index (κ3) is 2.95. The predicted molar refractivity (Wildman–Crippen MR) is 71.7 cm³/mol. The Kier molecular flexibility index (Phi) is 3.51. The normalized spacial score (nSPS) is 20.3. The fourth-order valence-electron chi connectivity index (χ4n) is 2.62. The van der Waals surface area contributed by atoms with Crippen molar-refractivity contribution in [3.05, 3.63) is 35.1 Å². The minimum atomic E-state index is -0.421. The zero-order valence-electron chi connectivity index (χ0n) is 10.9. The number of amides is 1. The molecule has 0 bridgehead atoms. The van der Waals surface area contributed by atoms with Crippen molar-refractivity contribution in [3.8, 4) is 0 Å². The van der Waals surface area contributed by atoms with Crippen LogP contribution in [-0.2, 0) is 0 Å². The maximum Gasteiger partial charge on any atom is 0.254 e. The summed E-state index contributed by atoms with van der Waals surface area (Å²) in [5.41, 5.74) is 1.28. The number of carbonyl (C=O) groups is 1. The van der Waals surface area contributed by atoms with E-state index in [2.05, 4.69) is 10.6 Å². The molecule has 0 atom stereocenters. The van der Waals surface area contributed by atoms with Crippen molar-refractivity contribution in [3.63, 3.8) is 0 Å². The molecule has 0 radical (unpaired) electrons. The highest BCUT2D eigenvalue weighted by atomic mass is 19.1. The fraction of sp³-hybridized carbons (Fsp3) is 0.533. The van der Waals surface area contributed by atoms with Gasteiger partial charge in [-0.15, -0.1) is 0 Å². The van der Waals surface area contributed by atoms with Crippen LogP contribution in [0.25, 0.3) is 0 Å². The van der Waals surface area contributed by atoms with Crippen LogP contribution in [0.4, 0.5) is 4.39 Å². The van der Waals surface area contributed by atoms with Crippen LogP contribution >= 0.6 is 0 Å². The summed E-state index contributed by atoms with van der Waals surface area (Å²) >= 11 is 0. The van der Waals surface area contributed by atoms with Crippen LogP contribution in [0.3, 0.4) is 0 Å². The minimum Gasteiger partial charge on any atom is -0.349 e. The van der Waals surface area contributed by atoms with E-state index in [9.17, 15) is 9.18 Å². The second-order valence-electron chi connectivity index (χ2n) is 5.51. The molecular formula is C15H19FN2O. The van der Waals surface area contributed by atoms with E-state index >= 15 is 0 Å². The van der Waals surface area contributed by atoms with E-state index in [0.29, 0.717) is 5.92 Å². The van der Waals surface area contributed by atoms with Crippen molar-refractivity contribution in [1.29, 1.82) is 0 Å². The lowest BCUT2D eigenvalue weighted by Gasteiger charge is -2.23. The third-order valence-electron chi connectivity index (χ3n) is 3.96. The van der Waals surface area contributed by atoms with Gasteiger partial charge in [0.2, 0.25) is 0 Å². The lowest BCUT2D eigenvalue weighted by Crippen LogP contribution is -2.28. The number of benzene rings is 1. The Morgan fingerprint density at radius 2 is 1.95 bits per heavy atom. The van der Waals surface area contributed by atoms with Crippen LogP contribution in [-0.4, -0.2) is 25.0 Å². The van der Waals surface area contributed by atoms with Gasteiger partial charge in [0.25, 0.3) is 5.91 Å². The highest BCUT2D eigenvalue weighted by Gasteiger charge is 2.25. The molecule has 2 N–H and O–H groups in total. The Bertz CT molecular complexity index is 479. The second-order valence-corrected chi connectivity index (χ2v) is 5.51. The van der Waals surface area contributed by atoms with Gasteiger partial charge in [0, 0.05) is 6.04 Å². The summed E-state index contributed by atoms with van der Waals surface area (Å²) in [5.74, 6) is -0.249. The molecule has 2 aliphatic rings. The molecule has 0 unspecified atom stereocenters. The van der Waals surface area contributed by atoms with E-state index in [1.807, 2.05) is 6.07 Å². The molecule has 102 valence electrons. The number of piperidine rings is 1. The van der Waals surface area contributed by atoms with E-state index in [1.165, 1.54) is 6.07 Å². The van der Waals surface area contributed by atoms with Gasteiger partial charge in [-0.1, -0.05) is 6.07 Å². The Hall–Kier alpha value is -1.42. The average molecular weight is 262 g/mol. The quantitative estimate of drug-likeness (QED) is 0.876. The van der Waals surface area contributed by atoms with Gasteiger partial charge in [0.15, 0.2) is 0 Å². The van der Waals surface area contributed by atoms with Gasteiger partial charge in [0.1, 0.15) is 5.82 Å². The van der Waals surface area contributed by atoms with Crippen LogP contribution < -0.4 is 10.6 Å². The van der Waals surface area contributed by atoms with Gasteiger partial charge in [-0.25, -0.2) is 4.39 Å². The molecule has 3 rings (SSSR count). The molecule has 1 aromatic carbocycles. The molecule has 1 heterocycles. The van der Waals surface area contributed by atoms with Crippen LogP contribution in [0, 0.1) is 5.82 Å². The molecule has 1 aliphatic carbocycles. The number of halogens is 1. The van der Waals surface area contributed by atoms with Gasteiger partial charge in [0.05, 0.1) is 5.56 Å². The molecule has 1 saturated carbocycles. The monoisotopic (exact) mass is 262 g/mol. The number of hydrogen-bond acceptors (Lipinski definition) is 2. The van der Waals surface area contributed by atoms with Crippen LogP contribution in [0.15, 0.2) is 18.2 Å². The van der Waals surface area contributed by atoms with Crippen molar-refractivity contribution in [1.82, 2.24) is 10.6 Å². The lowest BCUT2D eigenvalue weighted by molar-refractivity contribution is 0.0947. The molecule has 0 aromatic heterocycles. The first-order valence-electron chi connectivity index (χ1n) is 7.05. The SMILES string of the molecule is O=C(NC1CC1)c1cc(C2CCNCC2)ccc1F. The average Bonchev–Trinajstić information content (AvgIpc) is 3.24. The number of carbonyl (C=O) groups excluding carboxylic acids is 1. The number of rotatable bonds is 3. The summed E-state index contributed by atoms with van der Waals surface area (Å²) < 4.78 is 13.8. The van der Waals surface area contributed by atoms with E-state index < -0.39 is 5.82 Å². The highest BCUT2D eigenvalue weighted by Crippen LogP contribution is 2.27. The maximum absolute atomic E-state index is 13.8. The first-order chi connectivity index (χ1) is 9.24. The van der Waals surface area contributed by atoms with Gasteiger partial charge in [-0.05, 0) is 62.4 Å².